The molecule has 3 nitrogen and oxygen atoms in total. The molecule has 0 aromatic carbocycles. The van der Waals surface area contributed by atoms with Crippen LogP contribution in [0.1, 0.15) is 25.7 Å². The summed E-state index contributed by atoms with van der Waals surface area (Å²) >= 11 is 0. The van der Waals surface area contributed by atoms with Crippen molar-refractivity contribution in [3.8, 4) is 0 Å². The van der Waals surface area contributed by atoms with Crippen molar-refractivity contribution in [1.29, 1.82) is 0 Å². The Hall–Kier alpha value is -0.0900. The van der Waals surface area contributed by atoms with Gasteiger partial charge in [0, 0.05) is 0 Å². The van der Waals surface area contributed by atoms with E-state index in [1.54, 1.807) is 0 Å². The molecule has 1 unspecified atom stereocenters. The molecule has 0 bridgehead atoms. The second kappa shape index (κ2) is 4.23. The number of rotatable bonds is 4. The van der Waals surface area contributed by atoms with Crippen LogP contribution < -0.4 is 5.73 Å². The molecule has 0 aromatic heterocycles. The lowest BCUT2D eigenvalue weighted by Gasteiger charge is -2.05. The fourth-order valence-electron chi connectivity index (χ4n) is 1.68. The van der Waals surface area contributed by atoms with Gasteiger partial charge in [-0.25, -0.2) is 8.42 Å². The highest BCUT2D eigenvalue weighted by Crippen LogP contribution is 2.23. The van der Waals surface area contributed by atoms with E-state index in [2.05, 4.69) is 0 Å². The summed E-state index contributed by atoms with van der Waals surface area (Å²) in [6.45, 7) is 0.722. The lowest BCUT2D eigenvalue weighted by atomic mass is 10.0. The molecule has 1 aliphatic rings. The van der Waals surface area contributed by atoms with Gasteiger partial charge < -0.3 is 5.73 Å². The third kappa shape index (κ3) is 3.11. The van der Waals surface area contributed by atoms with E-state index >= 15 is 0 Å². The highest BCUT2D eigenvalue weighted by molar-refractivity contribution is 7.91. The maximum atomic E-state index is 11.0. The van der Waals surface area contributed by atoms with Gasteiger partial charge in [-0.15, -0.1) is 0 Å². The van der Waals surface area contributed by atoms with E-state index in [-0.39, 0.29) is 0 Å². The summed E-state index contributed by atoms with van der Waals surface area (Å²) in [5.41, 5.74) is 5.35. The SMILES string of the molecule is NCCCCC1CCS(=O)(=O)C1. The van der Waals surface area contributed by atoms with Crippen LogP contribution in [0.25, 0.3) is 0 Å². The molecule has 1 rings (SSSR count). The number of nitrogens with two attached hydrogens (primary N) is 1. The van der Waals surface area contributed by atoms with E-state index in [9.17, 15) is 8.42 Å². The molecule has 0 radical (unpaired) electrons. The Bertz CT molecular complexity index is 223. The van der Waals surface area contributed by atoms with Gasteiger partial charge in [0.1, 0.15) is 0 Å². The minimum Gasteiger partial charge on any atom is -0.330 e. The molecule has 0 aliphatic carbocycles. The van der Waals surface area contributed by atoms with E-state index in [1.807, 2.05) is 0 Å². The first-order chi connectivity index (χ1) is 5.64. The van der Waals surface area contributed by atoms with Crippen molar-refractivity contribution >= 4 is 9.84 Å². The zero-order valence-corrected chi connectivity index (χ0v) is 8.15. The quantitative estimate of drug-likeness (QED) is 0.660. The average molecular weight is 191 g/mol. The number of hydrogen-bond donors (Lipinski definition) is 1. The van der Waals surface area contributed by atoms with Crippen LogP contribution in [-0.4, -0.2) is 26.5 Å². The third-order valence-electron chi connectivity index (χ3n) is 2.39. The predicted octanol–water partition coefficient (Wildman–Crippen LogP) is 0.550. The van der Waals surface area contributed by atoms with Crippen molar-refractivity contribution in [3.05, 3.63) is 0 Å². The van der Waals surface area contributed by atoms with Crippen molar-refractivity contribution in [2.45, 2.75) is 25.7 Å². The summed E-state index contributed by atoms with van der Waals surface area (Å²) in [5.74, 6) is 1.24. The fraction of sp³-hybridized carbons (Fsp3) is 1.00. The molecule has 1 heterocycles. The first kappa shape index (κ1) is 9.99. The van der Waals surface area contributed by atoms with Gasteiger partial charge in [0.2, 0.25) is 0 Å². The summed E-state index contributed by atoms with van der Waals surface area (Å²) in [6, 6.07) is 0. The first-order valence-electron chi connectivity index (χ1n) is 4.54. The highest BCUT2D eigenvalue weighted by atomic mass is 32.2. The molecule has 1 fully saturated rings. The Kier molecular flexibility index (Phi) is 3.53. The third-order valence-corrected chi connectivity index (χ3v) is 4.23. The molecule has 1 atom stereocenters. The zero-order chi connectivity index (χ0) is 9.03. The minimum absolute atomic E-state index is 0.403. The van der Waals surface area contributed by atoms with Crippen LogP contribution in [0.2, 0.25) is 0 Å². The summed E-state index contributed by atoms with van der Waals surface area (Å²) in [5, 5.41) is 0. The number of sulfone groups is 1. The monoisotopic (exact) mass is 191 g/mol. The smallest absolute Gasteiger partial charge is 0.150 e. The zero-order valence-electron chi connectivity index (χ0n) is 7.33. The normalized spacial score (nSPS) is 27.6. The number of unbranched alkanes of at least 4 members (excludes halogenated alkanes) is 1. The molecule has 4 heteroatoms. The van der Waals surface area contributed by atoms with Crippen LogP contribution in [0.5, 0.6) is 0 Å². The molecule has 0 saturated carbocycles. The van der Waals surface area contributed by atoms with Crippen LogP contribution >= 0.6 is 0 Å². The lowest BCUT2D eigenvalue weighted by Crippen LogP contribution is -2.06. The van der Waals surface area contributed by atoms with E-state index < -0.39 is 9.84 Å². The van der Waals surface area contributed by atoms with Gasteiger partial charge in [0.15, 0.2) is 9.84 Å². The van der Waals surface area contributed by atoms with Gasteiger partial charge in [-0.2, -0.15) is 0 Å². The van der Waals surface area contributed by atoms with Crippen LogP contribution in [0, 0.1) is 5.92 Å². The van der Waals surface area contributed by atoms with Crippen molar-refractivity contribution in [1.82, 2.24) is 0 Å². The minimum atomic E-state index is -2.66. The van der Waals surface area contributed by atoms with Crippen molar-refractivity contribution in [3.63, 3.8) is 0 Å². The summed E-state index contributed by atoms with van der Waals surface area (Å²) in [4.78, 5) is 0. The van der Waals surface area contributed by atoms with Gasteiger partial charge in [-0.1, -0.05) is 6.42 Å². The van der Waals surface area contributed by atoms with Gasteiger partial charge in [0.25, 0.3) is 0 Å². The van der Waals surface area contributed by atoms with Gasteiger partial charge in [-0.05, 0) is 31.7 Å². The second-order valence-corrected chi connectivity index (χ2v) is 5.78. The van der Waals surface area contributed by atoms with Crippen LogP contribution in [0.3, 0.4) is 0 Å². The lowest BCUT2D eigenvalue weighted by molar-refractivity contribution is 0.509. The molecule has 0 spiro atoms. The predicted molar refractivity (Wildman–Crippen MR) is 49.7 cm³/mol. The van der Waals surface area contributed by atoms with Crippen LogP contribution in [-0.2, 0) is 9.84 Å². The first-order valence-corrected chi connectivity index (χ1v) is 6.37. The molecular weight excluding hydrogens is 174 g/mol. The standard InChI is InChI=1S/C8H17NO2S/c9-5-2-1-3-8-4-6-12(10,11)7-8/h8H,1-7,9H2. The topological polar surface area (TPSA) is 60.2 Å². The Morgan fingerprint density at radius 2 is 2.08 bits per heavy atom. The average Bonchev–Trinajstić information content (AvgIpc) is 2.31. The van der Waals surface area contributed by atoms with Crippen LogP contribution in [0.15, 0.2) is 0 Å². The Morgan fingerprint density at radius 3 is 2.58 bits per heavy atom. The van der Waals surface area contributed by atoms with E-state index in [0.717, 1.165) is 32.2 Å². The molecule has 12 heavy (non-hydrogen) atoms. The molecular formula is C8H17NO2S. The molecule has 2 N–H and O–H groups in total. The molecule has 72 valence electrons. The van der Waals surface area contributed by atoms with Gasteiger partial charge in [0.05, 0.1) is 11.5 Å². The number of hydrogen-bond acceptors (Lipinski definition) is 3. The van der Waals surface area contributed by atoms with Crippen LogP contribution in [0.4, 0.5) is 0 Å². The maximum Gasteiger partial charge on any atom is 0.150 e. The summed E-state index contributed by atoms with van der Waals surface area (Å²) in [7, 11) is -2.66. The van der Waals surface area contributed by atoms with Gasteiger partial charge in [-0.3, -0.25) is 0 Å². The fourth-order valence-corrected chi connectivity index (χ4v) is 3.59. The maximum absolute atomic E-state index is 11.0. The van der Waals surface area contributed by atoms with Crippen molar-refractivity contribution in [2.75, 3.05) is 18.1 Å². The van der Waals surface area contributed by atoms with Gasteiger partial charge >= 0.3 is 0 Å². The van der Waals surface area contributed by atoms with Crippen molar-refractivity contribution in [2.24, 2.45) is 11.7 Å². The van der Waals surface area contributed by atoms with E-state index in [1.165, 1.54) is 0 Å². The molecule has 1 saturated heterocycles. The molecule has 1 aliphatic heterocycles. The molecule has 0 aromatic rings. The van der Waals surface area contributed by atoms with E-state index in [4.69, 9.17) is 5.73 Å². The van der Waals surface area contributed by atoms with E-state index in [0.29, 0.717) is 17.4 Å². The second-order valence-electron chi connectivity index (χ2n) is 3.55. The largest absolute Gasteiger partial charge is 0.330 e. The Balaban J connectivity index is 2.20. The molecule has 0 amide bonds. The van der Waals surface area contributed by atoms with Crippen molar-refractivity contribution < 1.29 is 8.42 Å². The Morgan fingerprint density at radius 1 is 1.33 bits per heavy atom. The Labute approximate surface area is 74.3 Å². The summed E-state index contributed by atoms with van der Waals surface area (Å²) in [6.07, 6.45) is 4.01. The highest BCUT2D eigenvalue weighted by Gasteiger charge is 2.26. The summed E-state index contributed by atoms with van der Waals surface area (Å²) < 4.78 is 22.1.